The molecule has 1 aliphatic heterocycles. The lowest BCUT2D eigenvalue weighted by molar-refractivity contribution is -0.116. The second kappa shape index (κ2) is 9.11. The van der Waals surface area contributed by atoms with Crippen LogP contribution in [0.25, 0.3) is 0 Å². The lowest BCUT2D eigenvalue weighted by Gasteiger charge is -2.36. The van der Waals surface area contributed by atoms with E-state index in [4.69, 9.17) is 16.3 Å². The molecule has 6 heteroatoms. The maximum Gasteiger partial charge on any atom is 0.225 e. The Kier molecular flexibility index (Phi) is 6.58. The number of nitrogens with zero attached hydrogens (tertiary/aromatic N) is 2. The zero-order chi connectivity index (χ0) is 19.2. The molecule has 1 heterocycles. The summed E-state index contributed by atoms with van der Waals surface area (Å²) in [5.74, 6) is 0.921. The zero-order valence-corrected chi connectivity index (χ0v) is 16.6. The number of para-hydroxylation sites is 2. The second-order valence-electron chi connectivity index (χ2n) is 6.76. The molecule has 1 N–H and O–H groups in total. The third kappa shape index (κ3) is 5.15. The van der Waals surface area contributed by atoms with Crippen LogP contribution in [0.1, 0.15) is 12.0 Å². The molecule has 144 valence electrons. The lowest BCUT2D eigenvalue weighted by Crippen LogP contribution is -2.47. The Labute approximate surface area is 165 Å². The van der Waals surface area contributed by atoms with Crippen LogP contribution >= 0.6 is 11.6 Å². The first-order valence-electron chi connectivity index (χ1n) is 9.23. The van der Waals surface area contributed by atoms with Crippen molar-refractivity contribution < 1.29 is 9.53 Å². The third-order valence-electron chi connectivity index (χ3n) is 4.91. The summed E-state index contributed by atoms with van der Waals surface area (Å²) in [5.41, 5.74) is 2.88. The largest absolute Gasteiger partial charge is 0.495 e. The number of carbonyl (C=O) groups is 1. The monoisotopic (exact) mass is 387 g/mol. The first-order valence-corrected chi connectivity index (χ1v) is 9.61. The van der Waals surface area contributed by atoms with E-state index in [1.54, 1.807) is 13.2 Å². The number of nitrogens with one attached hydrogen (secondary N) is 1. The van der Waals surface area contributed by atoms with Gasteiger partial charge in [-0.15, -0.1) is 0 Å². The summed E-state index contributed by atoms with van der Waals surface area (Å²) in [6, 6.07) is 13.7. The fraction of sp³-hybridized carbons (Fsp3) is 0.381. The lowest BCUT2D eigenvalue weighted by atomic mass is 10.2. The fourth-order valence-corrected chi connectivity index (χ4v) is 3.44. The Bertz CT molecular complexity index is 789. The summed E-state index contributed by atoms with van der Waals surface area (Å²) < 4.78 is 5.46. The number of benzene rings is 2. The molecule has 27 heavy (non-hydrogen) atoms. The molecule has 5 nitrogen and oxygen atoms in total. The third-order valence-corrected chi connectivity index (χ3v) is 5.32. The Morgan fingerprint density at radius 3 is 2.59 bits per heavy atom. The molecule has 0 unspecified atom stereocenters. The molecular formula is C21H26ClN3O2. The van der Waals surface area contributed by atoms with Crippen LogP contribution in [0, 0.1) is 6.92 Å². The van der Waals surface area contributed by atoms with Crippen molar-refractivity contribution >= 4 is 28.9 Å². The highest BCUT2D eigenvalue weighted by Gasteiger charge is 2.19. The first kappa shape index (κ1) is 19.5. The van der Waals surface area contributed by atoms with Gasteiger partial charge in [0.15, 0.2) is 0 Å². The highest BCUT2D eigenvalue weighted by Crippen LogP contribution is 2.28. The molecule has 0 spiro atoms. The normalized spacial score (nSPS) is 14.9. The van der Waals surface area contributed by atoms with Crippen LogP contribution in [0.3, 0.4) is 0 Å². The van der Waals surface area contributed by atoms with Gasteiger partial charge in [0.05, 0.1) is 12.8 Å². The minimum absolute atomic E-state index is 0.0158. The van der Waals surface area contributed by atoms with Gasteiger partial charge in [0.25, 0.3) is 0 Å². The van der Waals surface area contributed by atoms with Crippen molar-refractivity contribution in [2.75, 3.05) is 50.1 Å². The number of piperazine rings is 1. The maximum absolute atomic E-state index is 12.2. The molecule has 0 aromatic heterocycles. The molecule has 3 rings (SSSR count). The predicted octanol–water partition coefficient (Wildman–Crippen LogP) is 3.81. The number of aryl methyl sites for hydroxylation is 1. The van der Waals surface area contributed by atoms with E-state index < -0.39 is 0 Å². The van der Waals surface area contributed by atoms with Gasteiger partial charge in [-0.25, -0.2) is 0 Å². The number of rotatable bonds is 6. The van der Waals surface area contributed by atoms with Crippen molar-refractivity contribution in [2.45, 2.75) is 13.3 Å². The molecule has 0 atom stereocenters. The van der Waals surface area contributed by atoms with E-state index in [2.05, 4.69) is 21.2 Å². The van der Waals surface area contributed by atoms with Crippen molar-refractivity contribution in [2.24, 2.45) is 0 Å². The fourth-order valence-electron chi connectivity index (χ4n) is 3.26. The van der Waals surface area contributed by atoms with Crippen molar-refractivity contribution in [1.82, 2.24) is 4.90 Å². The Balaban J connectivity index is 1.45. The minimum atomic E-state index is 0.0158. The van der Waals surface area contributed by atoms with Gasteiger partial charge >= 0.3 is 0 Å². The Morgan fingerprint density at radius 2 is 1.89 bits per heavy atom. The van der Waals surface area contributed by atoms with Crippen LogP contribution in [0.5, 0.6) is 5.75 Å². The molecule has 0 aliphatic carbocycles. The van der Waals surface area contributed by atoms with E-state index in [9.17, 15) is 4.79 Å². The molecule has 0 saturated carbocycles. The van der Waals surface area contributed by atoms with Crippen LogP contribution < -0.4 is 15.0 Å². The van der Waals surface area contributed by atoms with Crippen molar-refractivity contribution in [3.63, 3.8) is 0 Å². The summed E-state index contributed by atoms with van der Waals surface area (Å²) in [4.78, 5) is 16.9. The number of carbonyl (C=O) groups excluding carboxylic acids is 1. The van der Waals surface area contributed by atoms with E-state index in [0.29, 0.717) is 11.4 Å². The molecule has 2 aromatic carbocycles. The van der Waals surface area contributed by atoms with Gasteiger partial charge in [-0.3, -0.25) is 9.69 Å². The summed E-state index contributed by atoms with van der Waals surface area (Å²) in [5, 5.41) is 3.59. The van der Waals surface area contributed by atoms with Gasteiger partial charge in [-0.2, -0.15) is 0 Å². The molecule has 1 saturated heterocycles. The summed E-state index contributed by atoms with van der Waals surface area (Å²) in [7, 11) is 1.70. The number of hydrogen-bond donors (Lipinski definition) is 1. The van der Waals surface area contributed by atoms with E-state index in [1.807, 2.05) is 37.3 Å². The highest BCUT2D eigenvalue weighted by atomic mass is 35.5. The Morgan fingerprint density at radius 1 is 1.15 bits per heavy atom. The Hall–Kier alpha value is -2.24. The van der Waals surface area contributed by atoms with Gasteiger partial charge in [-0.05, 0) is 36.8 Å². The summed E-state index contributed by atoms with van der Waals surface area (Å²) >= 11 is 6.11. The van der Waals surface area contributed by atoms with Crippen LogP contribution in [0.4, 0.5) is 11.4 Å². The average Bonchev–Trinajstić information content (AvgIpc) is 2.69. The molecule has 2 aromatic rings. The van der Waals surface area contributed by atoms with E-state index in [-0.39, 0.29) is 5.91 Å². The standard InChI is InChI=1S/C21H26ClN3O2/c1-16-7-8-17(15-18(16)22)23-21(26)9-10-24-11-13-25(14-12-24)19-5-3-4-6-20(19)27-2/h3-8,15H,9-14H2,1-2H3,(H,23,26). The van der Waals surface area contributed by atoms with E-state index in [0.717, 1.165) is 55.4 Å². The van der Waals surface area contributed by atoms with Crippen molar-refractivity contribution in [3.05, 3.63) is 53.1 Å². The van der Waals surface area contributed by atoms with E-state index >= 15 is 0 Å². The minimum Gasteiger partial charge on any atom is -0.495 e. The topological polar surface area (TPSA) is 44.8 Å². The zero-order valence-electron chi connectivity index (χ0n) is 15.9. The van der Waals surface area contributed by atoms with Crippen molar-refractivity contribution in [3.8, 4) is 5.75 Å². The smallest absolute Gasteiger partial charge is 0.225 e. The SMILES string of the molecule is COc1ccccc1N1CCN(CCC(=O)Nc2ccc(C)c(Cl)c2)CC1. The van der Waals surface area contributed by atoms with Crippen molar-refractivity contribution in [1.29, 1.82) is 0 Å². The van der Waals surface area contributed by atoms with Gasteiger partial charge in [0.2, 0.25) is 5.91 Å². The summed E-state index contributed by atoms with van der Waals surface area (Å²) in [6.07, 6.45) is 0.472. The molecule has 0 bridgehead atoms. The first-order chi connectivity index (χ1) is 13.1. The molecule has 0 radical (unpaired) electrons. The molecular weight excluding hydrogens is 362 g/mol. The quantitative estimate of drug-likeness (QED) is 0.818. The molecule has 1 fully saturated rings. The van der Waals surface area contributed by atoms with Crippen LogP contribution in [0.2, 0.25) is 5.02 Å². The van der Waals surface area contributed by atoms with Gasteiger partial charge in [-0.1, -0.05) is 29.8 Å². The number of methoxy groups -OCH3 is 1. The number of hydrogen-bond acceptors (Lipinski definition) is 4. The van der Waals surface area contributed by atoms with Gasteiger partial charge in [0, 0.05) is 49.9 Å². The average molecular weight is 388 g/mol. The maximum atomic E-state index is 12.2. The van der Waals surface area contributed by atoms with Crippen LogP contribution in [0.15, 0.2) is 42.5 Å². The number of halogens is 1. The van der Waals surface area contributed by atoms with E-state index in [1.165, 1.54) is 0 Å². The van der Waals surface area contributed by atoms with Crippen LogP contribution in [-0.2, 0) is 4.79 Å². The molecule has 1 amide bonds. The predicted molar refractivity (Wildman–Crippen MR) is 111 cm³/mol. The number of ether oxygens (including phenoxy) is 1. The number of anilines is 2. The highest BCUT2D eigenvalue weighted by molar-refractivity contribution is 6.31. The second-order valence-corrected chi connectivity index (χ2v) is 7.17. The number of amides is 1. The summed E-state index contributed by atoms with van der Waals surface area (Å²) in [6.45, 7) is 6.41. The van der Waals surface area contributed by atoms with Crippen LogP contribution in [-0.4, -0.2) is 50.6 Å². The van der Waals surface area contributed by atoms with Gasteiger partial charge < -0.3 is 15.0 Å². The molecule has 1 aliphatic rings. The van der Waals surface area contributed by atoms with Gasteiger partial charge in [0.1, 0.15) is 5.75 Å².